The van der Waals surface area contributed by atoms with Gasteiger partial charge in [-0.15, -0.1) is 0 Å². The molecule has 126 valence electrons. The Morgan fingerprint density at radius 1 is 0.920 bits per heavy atom. The fourth-order valence-corrected chi connectivity index (χ4v) is 3.59. The van der Waals surface area contributed by atoms with E-state index in [1.807, 2.05) is 50.7 Å². The molecule has 0 spiro atoms. The van der Waals surface area contributed by atoms with E-state index >= 15 is 0 Å². The van der Waals surface area contributed by atoms with Gasteiger partial charge in [0.2, 0.25) is 5.69 Å². The molecule has 0 amide bonds. The van der Waals surface area contributed by atoms with Gasteiger partial charge in [0.1, 0.15) is 29.8 Å². The van der Waals surface area contributed by atoms with Crippen molar-refractivity contribution in [2.24, 2.45) is 7.05 Å². The van der Waals surface area contributed by atoms with Crippen LogP contribution >= 0.6 is 0 Å². The van der Waals surface area contributed by atoms with E-state index in [0.29, 0.717) is 16.4 Å². The topological polar surface area (TPSA) is 17.0 Å². The minimum absolute atomic E-state index is 0.234. The molecule has 25 heavy (non-hydrogen) atoms. The molecule has 0 fully saturated rings. The zero-order valence-electron chi connectivity index (χ0n) is 14.6. The van der Waals surface area contributed by atoms with Crippen LogP contribution in [0.25, 0.3) is 33.2 Å². The second-order valence-electron chi connectivity index (χ2n) is 6.65. The van der Waals surface area contributed by atoms with Crippen molar-refractivity contribution >= 4 is 21.9 Å². The first kappa shape index (κ1) is 15.8. The molecular weight excluding hydrogens is 320 g/mol. The van der Waals surface area contributed by atoms with Gasteiger partial charge in [-0.05, 0) is 37.5 Å². The number of hydrogen-bond acceptors (Lipinski definition) is 1. The van der Waals surface area contributed by atoms with Gasteiger partial charge < -0.3 is 4.42 Å². The average molecular weight is 338 g/mol. The van der Waals surface area contributed by atoms with Gasteiger partial charge in [0.25, 0.3) is 0 Å². The number of hydrogen-bond donors (Lipinski definition) is 0. The molecule has 0 aliphatic carbocycles. The number of rotatable bonds is 1. The normalized spacial score (nSPS) is 11.6. The van der Waals surface area contributed by atoms with Crippen molar-refractivity contribution in [3.8, 4) is 11.3 Å². The molecule has 0 saturated carbocycles. The third kappa shape index (κ3) is 2.32. The van der Waals surface area contributed by atoms with Crippen LogP contribution in [0.1, 0.15) is 16.7 Å². The number of fused-ring (bicyclic) bond motifs is 3. The van der Waals surface area contributed by atoms with E-state index in [1.165, 1.54) is 6.07 Å². The van der Waals surface area contributed by atoms with Crippen molar-refractivity contribution in [2.45, 2.75) is 20.8 Å². The first-order valence-electron chi connectivity index (χ1n) is 8.15. The van der Waals surface area contributed by atoms with Crippen LogP contribution in [0.5, 0.6) is 0 Å². The molecular formula is C21H18F2NO+. The lowest BCUT2D eigenvalue weighted by molar-refractivity contribution is -0.660. The third-order valence-corrected chi connectivity index (χ3v) is 4.72. The van der Waals surface area contributed by atoms with Gasteiger partial charge >= 0.3 is 0 Å². The zero-order valence-corrected chi connectivity index (χ0v) is 14.6. The predicted octanol–water partition coefficient (Wildman–Crippen LogP) is 5.28. The van der Waals surface area contributed by atoms with Crippen LogP contribution in [0.3, 0.4) is 0 Å². The maximum Gasteiger partial charge on any atom is 0.216 e. The first-order valence-corrected chi connectivity index (χ1v) is 8.15. The average Bonchev–Trinajstić information content (AvgIpc) is 2.90. The Hall–Kier alpha value is -2.75. The fraction of sp³-hybridized carbons (Fsp3) is 0.190. The summed E-state index contributed by atoms with van der Waals surface area (Å²) in [5, 5.41) is 1.04. The van der Waals surface area contributed by atoms with E-state index in [0.717, 1.165) is 34.0 Å². The minimum Gasteiger partial charge on any atom is -0.455 e. The number of halogens is 2. The highest BCUT2D eigenvalue weighted by Gasteiger charge is 2.24. The molecule has 0 N–H and O–H groups in total. The summed E-state index contributed by atoms with van der Waals surface area (Å²) in [6.07, 6.45) is 1.98. The second kappa shape index (κ2) is 5.38. The Bertz CT molecular complexity index is 1160. The number of aryl methyl sites for hydroxylation is 4. The van der Waals surface area contributed by atoms with Gasteiger partial charge in [-0.2, -0.15) is 0 Å². The molecule has 0 bridgehead atoms. The van der Waals surface area contributed by atoms with Crippen molar-refractivity contribution in [1.29, 1.82) is 0 Å². The van der Waals surface area contributed by atoms with Gasteiger partial charge in [-0.25, -0.2) is 13.3 Å². The van der Waals surface area contributed by atoms with Crippen LogP contribution in [-0.2, 0) is 7.05 Å². The molecule has 2 aromatic carbocycles. The smallest absolute Gasteiger partial charge is 0.216 e. The highest BCUT2D eigenvalue weighted by molar-refractivity contribution is 6.11. The number of furan rings is 1. The first-order chi connectivity index (χ1) is 11.9. The van der Waals surface area contributed by atoms with Gasteiger partial charge in [0.05, 0.1) is 10.9 Å². The fourth-order valence-electron chi connectivity index (χ4n) is 3.59. The maximum absolute atomic E-state index is 14.5. The summed E-state index contributed by atoms with van der Waals surface area (Å²) >= 11 is 0. The molecule has 2 heterocycles. The summed E-state index contributed by atoms with van der Waals surface area (Å²) < 4.78 is 36.1. The van der Waals surface area contributed by atoms with Gasteiger partial charge in [0, 0.05) is 29.7 Å². The number of benzene rings is 2. The predicted molar refractivity (Wildman–Crippen MR) is 94.5 cm³/mol. The highest BCUT2D eigenvalue weighted by atomic mass is 19.1. The summed E-state index contributed by atoms with van der Waals surface area (Å²) in [4.78, 5) is 0. The molecule has 2 aromatic heterocycles. The SMILES string of the molecule is Cc1cc[n+](C)c(-c2c(C)cc(C)c3c2oc2cc(F)cc(F)c23)c1. The van der Waals surface area contributed by atoms with Crippen LogP contribution < -0.4 is 4.57 Å². The number of nitrogens with zero attached hydrogens (tertiary/aromatic N) is 1. The van der Waals surface area contributed by atoms with Crippen LogP contribution in [-0.4, -0.2) is 0 Å². The summed E-state index contributed by atoms with van der Waals surface area (Å²) in [5.74, 6) is -1.23. The van der Waals surface area contributed by atoms with Gasteiger partial charge in [-0.1, -0.05) is 6.07 Å². The molecule has 0 aliphatic heterocycles. The largest absolute Gasteiger partial charge is 0.455 e. The Morgan fingerprint density at radius 2 is 1.68 bits per heavy atom. The van der Waals surface area contributed by atoms with Crippen molar-refractivity contribution in [2.75, 3.05) is 0 Å². The summed E-state index contributed by atoms with van der Waals surface area (Å²) in [6, 6.07) is 8.27. The van der Waals surface area contributed by atoms with Gasteiger partial charge in [0.15, 0.2) is 6.20 Å². The lowest BCUT2D eigenvalue weighted by Crippen LogP contribution is -2.30. The Morgan fingerprint density at radius 3 is 2.44 bits per heavy atom. The summed E-state index contributed by atoms with van der Waals surface area (Å²) in [6.45, 7) is 5.96. The minimum atomic E-state index is -0.638. The summed E-state index contributed by atoms with van der Waals surface area (Å²) in [7, 11) is 1.96. The lowest BCUT2D eigenvalue weighted by Gasteiger charge is -2.08. The molecule has 0 aliphatic rings. The monoisotopic (exact) mass is 338 g/mol. The maximum atomic E-state index is 14.5. The number of pyridine rings is 1. The van der Waals surface area contributed by atoms with E-state index < -0.39 is 11.6 Å². The number of aromatic nitrogens is 1. The Labute approximate surface area is 144 Å². The molecule has 0 saturated heterocycles. The molecule has 4 heteroatoms. The Kier molecular flexibility index (Phi) is 3.39. The van der Waals surface area contributed by atoms with Crippen molar-refractivity contribution in [1.82, 2.24) is 0 Å². The molecule has 0 radical (unpaired) electrons. The van der Waals surface area contributed by atoms with E-state index in [9.17, 15) is 8.78 Å². The second-order valence-corrected chi connectivity index (χ2v) is 6.65. The summed E-state index contributed by atoms with van der Waals surface area (Å²) in [5.41, 5.74) is 5.78. The Balaban J connectivity index is 2.23. The van der Waals surface area contributed by atoms with E-state index in [4.69, 9.17) is 4.42 Å². The third-order valence-electron chi connectivity index (χ3n) is 4.72. The lowest BCUT2D eigenvalue weighted by atomic mass is 9.96. The molecule has 0 atom stereocenters. The van der Waals surface area contributed by atoms with Crippen molar-refractivity contribution < 1.29 is 17.8 Å². The van der Waals surface area contributed by atoms with E-state index in [1.54, 1.807) is 0 Å². The van der Waals surface area contributed by atoms with E-state index in [2.05, 4.69) is 6.07 Å². The molecule has 4 aromatic rings. The molecule has 2 nitrogen and oxygen atoms in total. The van der Waals surface area contributed by atoms with Crippen molar-refractivity contribution in [3.05, 3.63) is 64.9 Å². The van der Waals surface area contributed by atoms with Crippen molar-refractivity contribution in [3.63, 3.8) is 0 Å². The quantitative estimate of drug-likeness (QED) is 0.432. The molecule has 4 rings (SSSR count). The van der Waals surface area contributed by atoms with Crippen LogP contribution in [0, 0.1) is 32.4 Å². The van der Waals surface area contributed by atoms with Crippen LogP contribution in [0.4, 0.5) is 8.78 Å². The zero-order chi connectivity index (χ0) is 17.9. The standard InChI is InChI=1S/C21H18F2NO/c1-11-5-6-24(4)16(7-11)18-12(2)8-13(3)19-20-15(23)9-14(22)10-17(20)25-21(18)19/h5-10H,1-4H3/q+1. The van der Waals surface area contributed by atoms with Gasteiger partial charge in [-0.3, -0.25) is 0 Å². The van der Waals surface area contributed by atoms with E-state index in [-0.39, 0.29) is 5.58 Å². The van der Waals surface area contributed by atoms with Crippen LogP contribution in [0.2, 0.25) is 0 Å². The highest BCUT2D eigenvalue weighted by Crippen LogP contribution is 2.40. The van der Waals surface area contributed by atoms with Crippen LogP contribution in [0.15, 0.2) is 40.9 Å². The molecule has 0 unspecified atom stereocenters.